The Hall–Kier alpha value is -0.360. The van der Waals surface area contributed by atoms with Crippen LogP contribution >= 0.6 is 12.4 Å². The Kier molecular flexibility index (Phi) is 19.3. The number of nitrogens with zero attached hydrogens (tertiary/aromatic N) is 1. The molecule has 158 valence electrons. The van der Waals surface area contributed by atoms with Gasteiger partial charge in [0.25, 0.3) is 0 Å². The summed E-state index contributed by atoms with van der Waals surface area (Å²) in [7, 11) is 0. The van der Waals surface area contributed by atoms with E-state index in [-0.39, 0.29) is 18.4 Å². The number of hydrogen-bond acceptors (Lipinski definition) is 5. The van der Waals surface area contributed by atoms with Crippen LogP contribution in [0.25, 0.3) is 0 Å². The largest absolute Gasteiger partial charge is 0.463 e. The predicted octanol–water partition coefficient (Wildman–Crippen LogP) is 4.91. The molecule has 0 aromatic carbocycles. The fourth-order valence-electron chi connectivity index (χ4n) is 2.99. The summed E-state index contributed by atoms with van der Waals surface area (Å²) in [6, 6.07) is 0. The molecule has 0 saturated carbocycles. The van der Waals surface area contributed by atoms with Gasteiger partial charge < -0.3 is 10.5 Å². The third-order valence-corrected chi connectivity index (χ3v) is 4.85. The Labute approximate surface area is 168 Å². The maximum Gasteiger partial charge on any atom is 0.342 e. The van der Waals surface area contributed by atoms with Crippen LogP contribution < -0.4 is 11.6 Å². The molecule has 0 fully saturated rings. The van der Waals surface area contributed by atoms with Crippen molar-refractivity contribution in [1.29, 1.82) is 0 Å². The van der Waals surface area contributed by atoms with Gasteiger partial charge in [0.05, 0.1) is 6.61 Å². The van der Waals surface area contributed by atoms with Gasteiger partial charge >= 0.3 is 5.97 Å². The van der Waals surface area contributed by atoms with E-state index in [4.69, 9.17) is 16.3 Å². The van der Waals surface area contributed by atoms with Crippen LogP contribution in [-0.4, -0.2) is 29.8 Å². The van der Waals surface area contributed by atoms with Gasteiger partial charge in [-0.05, 0) is 19.3 Å². The normalized spacial score (nSPS) is 13.3. The first-order valence-corrected chi connectivity index (χ1v) is 10.5. The maximum atomic E-state index is 12.5. The molecule has 5 nitrogen and oxygen atoms in total. The maximum absolute atomic E-state index is 12.5. The topological polar surface area (TPSA) is 81.6 Å². The molecule has 0 aromatic heterocycles. The molecule has 0 rings (SSSR count). The van der Waals surface area contributed by atoms with Crippen molar-refractivity contribution >= 4 is 18.4 Å². The minimum absolute atomic E-state index is 0. The first kappa shape index (κ1) is 27.9. The fourth-order valence-corrected chi connectivity index (χ4v) is 2.99. The smallest absolute Gasteiger partial charge is 0.342 e. The highest BCUT2D eigenvalue weighted by Gasteiger charge is 2.39. The molecule has 4 N–H and O–H groups in total. The van der Waals surface area contributed by atoms with Gasteiger partial charge in [0.2, 0.25) is 0 Å². The third kappa shape index (κ3) is 12.1. The van der Waals surface area contributed by atoms with E-state index in [9.17, 15) is 4.79 Å². The summed E-state index contributed by atoms with van der Waals surface area (Å²) in [5.41, 5.74) is 5.15. The van der Waals surface area contributed by atoms with Crippen LogP contribution in [0.1, 0.15) is 104 Å². The monoisotopic (exact) mass is 393 g/mol. The summed E-state index contributed by atoms with van der Waals surface area (Å²) in [5, 5.41) is 1.43. The zero-order valence-electron chi connectivity index (χ0n) is 17.4. The van der Waals surface area contributed by atoms with E-state index in [0.29, 0.717) is 19.6 Å². The summed E-state index contributed by atoms with van der Waals surface area (Å²) in [4.78, 5) is 12.5. The molecule has 0 heterocycles. The number of rotatable bonds is 17. The molecular formula is C20H44ClN3O2. The van der Waals surface area contributed by atoms with Gasteiger partial charge in [0, 0.05) is 6.54 Å². The molecule has 0 aliphatic rings. The van der Waals surface area contributed by atoms with E-state index in [1.54, 1.807) is 0 Å². The number of likely N-dealkylation sites (N-methyl/N-ethyl adjacent to an activating group) is 1. The van der Waals surface area contributed by atoms with E-state index < -0.39 is 5.66 Å². The van der Waals surface area contributed by atoms with E-state index >= 15 is 0 Å². The highest BCUT2D eigenvalue weighted by atomic mass is 35.5. The van der Waals surface area contributed by atoms with Crippen LogP contribution in [0.5, 0.6) is 0 Å². The molecule has 0 aliphatic heterocycles. The zero-order valence-corrected chi connectivity index (χ0v) is 18.2. The third-order valence-electron chi connectivity index (χ3n) is 4.85. The number of hydrazine groups is 1. The molecule has 0 aromatic rings. The van der Waals surface area contributed by atoms with Gasteiger partial charge in [-0.2, -0.15) is 0 Å². The molecular weight excluding hydrogens is 350 g/mol. The zero-order chi connectivity index (χ0) is 19.0. The van der Waals surface area contributed by atoms with Crippen molar-refractivity contribution in [2.45, 2.75) is 110 Å². The second-order valence-electron chi connectivity index (χ2n) is 7.13. The molecule has 0 amide bonds. The Morgan fingerprint density at radius 3 is 1.81 bits per heavy atom. The lowest BCUT2D eigenvalue weighted by Gasteiger charge is -2.35. The number of esters is 1. The minimum Gasteiger partial charge on any atom is -0.463 e. The lowest BCUT2D eigenvalue weighted by molar-refractivity contribution is -0.159. The number of ether oxygens (including phenoxy) is 1. The highest BCUT2D eigenvalue weighted by molar-refractivity contribution is 5.85. The summed E-state index contributed by atoms with van der Waals surface area (Å²) in [6.45, 7) is 7.29. The van der Waals surface area contributed by atoms with Gasteiger partial charge in [-0.1, -0.05) is 85.0 Å². The van der Waals surface area contributed by atoms with Crippen molar-refractivity contribution in [2.24, 2.45) is 11.6 Å². The molecule has 1 atom stereocenters. The molecule has 0 radical (unpaired) electrons. The van der Waals surface area contributed by atoms with Crippen LogP contribution in [0.3, 0.4) is 0 Å². The van der Waals surface area contributed by atoms with Gasteiger partial charge in [0.15, 0.2) is 5.66 Å². The van der Waals surface area contributed by atoms with E-state index in [1.807, 2.05) is 6.92 Å². The number of unbranched alkanes of at least 4 members (excludes halogenated alkanes) is 10. The predicted molar refractivity (Wildman–Crippen MR) is 113 cm³/mol. The van der Waals surface area contributed by atoms with Gasteiger partial charge in [-0.25, -0.2) is 9.80 Å². The lowest BCUT2D eigenvalue weighted by Crippen LogP contribution is -2.64. The van der Waals surface area contributed by atoms with Gasteiger partial charge in [0.1, 0.15) is 0 Å². The SMILES string of the molecule is CCCCCCCCOC(=O)[C@@](N)(CCCCCCCC)N(N)CC.Cl. The van der Waals surface area contributed by atoms with Crippen LogP contribution in [0.4, 0.5) is 0 Å². The number of carbonyl (C=O) groups is 1. The standard InChI is InChI=1S/C20H43N3O2.ClH/c1-4-7-9-11-13-15-17-20(21,23(22)6-3)19(24)25-18-16-14-12-10-8-5-2;/h4-18,21-22H2,1-3H3;1H/t20-;/m1./s1. The average molecular weight is 394 g/mol. The second-order valence-corrected chi connectivity index (χ2v) is 7.13. The molecule has 0 bridgehead atoms. The Morgan fingerprint density at radius 2 is 1.31 bits per heavy atom. The summed E-state index contributed by atoms with van der Waals surface area (Å²) in [6.07, 6.45) is 14.5. The van der Waals surface area contributed by atoms with Gasteiger partial charge in [-0.3, -0.25) is 5.84 Å². The molecule has 26 heavy (non-hydrogen) atoms. The molecule has 0 saturated heterocycles. The van der Waals surface area contributed by atoms with Gasteiger partial charge in [-0.15, -0.1) is 12.4 Å². The number of nitrogens with two attached hydrogens (primary N) is 2. The quantitative estimate of drug-likeness (QED) is 0.120. The first-order valence-electron chi connectivity index (χ1n) is 10.5. The van der Waals surface area contributed by atoms with Crippen molar-refractivity contribution < 1.29 is 9.53 Å². The van der Waals surface area contributed by atoms with Crippen molar-refractivity contribution in [2.75, 3.05) is 13.2 Å². The molecule has 0 spiro atoms. The lowest BCUT2D eigenvalue weighted by atomic mass is 10.0. The van der Waals surface area contributed by atoms with Crippen molar-refractivity contribution in [1.82, 2.24) is 5.01 Å². The van der Waals surface area contributed by atoms with E-state index in [0.717, 1.165) is 25.7 Å². The van der Waals surface area contributed by atoms with Crippen LogP contribution in [0.15, 0.2) is 0 Å². The Bertz CT molecular complexity index is 332. The second kappa shape index (κ2) is 18.0. The van der Waals surface area contributed by atoms with Crippen molar-refractivity contribution in [3.8, 4) is 0 Å². The summed E-state index contributed by atoms with van der Waals surface area (Å²) in [5.74, 6) is 5.63. The van der Waals surface area contributed by atoms with Crippen molar-refractivity contribution in [3.63, 3.8) is 0 Å². The van der Waals surface area contributed by atoms with Crippen LogP contribution in [0, 0.1) is 0 Å². The van der Waals surface area contributed by atoms with E-state index in [2.05, 4.69) is 13.8 Å². The van der Waals surface area contributed by atoms with Crippen molar-refractivity contribution in [3.05, 3.63) is 0 Å². The summed E-state index contributed by atoms with van der Waals surface area (Å²) < 4.78 is 5.45. The summed E-state index contributed by atoms with van der Waals surface area (Å²) >= 11 is 0. The molecule has 0 aliphatic carbocycles. The first-order chi connectivity index (χ1) is 12.0. The van der Waals surface area contributed by atoms with E-state index in [1.165, 1.54) is 56.4 Å². The van der Waals surface area contributed by atoms with Crippen LogP contribution in [-0.2, 0) is 9.53 Å². The number of carbonyl (C=O) groups excluding carboxylic acids is 1. The Balaban J connectivity index is 0. The number of halogens is 1. The van der Waals surface area contributed by atoms with Crippen LogP contribution in [0.2, 0.25) is 0 Å². The fraction of sp³-hybridized carbons (Fsp3) is 0.950. The Morgan fingerprint density at radius 1 is 0.846 bits per heavy atom. The molecule has 0 unspecified atom stereocenters. The molecule has 6 heteroatoms. The average Bonchev–Trinajstić information content (AvgIpc) is 2.62. The minimum atomic E-state index is -1.19. The number of hydrogen-bond donors (Lipinski definition) is 2. The highest BCUT2D eigenvalue weighted by Crippen LogP contribution is 2.18.